The van der Waals surface area contributed by atoms with Crippen molar-refractivity contribution < 1.29 is 14.6 Å². The van der Waals surface area contributed by atoms with E-state index in [-0.39, 0.29) is 6.61 Å². The van der Waals surface area contributed by atoms with E-state index in [1.54, 1.807) is 13.2 Å². The smallest absolute Gasteiger partial charge is 0.118 e. The Morgan fingerprint density at radius 2 is 1.74 bits per heavy atom. The number of ether oxygens (including phenoxy) is 2. The van der Waals surface area contributed by atoms with Crippen molar-refractivity contribution in [1.29, 1.82) is 0 Å². The van der Waals surface area contributed by atoms with E-state index in [0.717, 1.165) is 16.9 Å². The lowest BCUT2D eigenvalue weighted by molar-refractivity contribution is 0.0258. The van der Waals surface area contributed by atoms with Gasteiger partial charge in [0.25, 0.3) is 0 Å². The Morgan fingerprint density at radius 3 is 2.30 bits per heavy atom. The number of benzene rings is 2. The standard InChI is InChI=1S/C20H24O3/c1-3-20(15-21,13-17-7-5-4-6-8-17)16-23-14-18-9-11-19(22-2)12-10-18/h3-12,21H,1,13-16H2,2H3. The van der Waals surface area contributed by atoms with E-state index < -0.39 is 5.41 Å². The Balaban J connectivity index is 1.94. The number of hydrogen-bond donors (Lipinski definition) is 1. The second-order valence-electron chi connectivity index (χ2n) is 5.73. The van der Waals surface area contributed by atoms with E-state index in [9.17, 15) is 5.11 Å². The Bertz CT molecular complexity index is 592. The molecule has 0 bridgehead atoms. The van der Waals surface area contributed by atoms with Crippen LogP contribution < -0.4 is 4.74 Å². The van der Waals surface area contributed by atoms with Gasteiger partial charge in [0.05, 0.1) is 26.9 Å². The van der Waals surface area contributed by atoms with E-state index in [4.69, 9.17) is 9.47 Å². The third-order valence-corrected chi connectivity index (χ3v) is 3.96. The highest BCUT2D eigenvalue weighted by atomic mass is 16.5. The first-order valence-electron chi connectivity index (χ1n) is 7.70. The number of hydrogen-bond acceptors (Lipinski definition) is 3. The van der Waals surface area contributed by atoms with Gasteiger partial charge in [-0.25, -0.2) is 0 Å². The molecule has 3 nitrogen and oxygen atoms in total. The molecule has 0 aromatic heterocycles. The molecular formula is C20H24O3. The maximum absolute atomic E-state index is 9.84. The van der Waals surface area contributed by atoms with Gasteiger partial charge in [0.15, 0.2) is 0 Å². The summed E-state index contributed by atoms with van der Waals surface area (Å²) in [6, 6.07) is 17.9. The van der Waals surface area contributed by atoms with Crippen LogP contribution in [0.1, 0.15) is 11.1 Å². The molecule has 0 saturated heterocycles. The lowest BCUT2D eigenvalue weighted by Crippen LogP contribution is -2.31. The highest BCUT2D eigenvalue weighted by Gasteiger charge is 2.26. The molecule has 2 rings (SSSR count). The summed E-state index contributed by atoms with van der Waals surface area (Å²) in [5.41, 5.74) is 1.77. The monoisotopic (exact) mass is 312 g/mol. The topological polar surface area (TPSA) is 38.7 Å². The van der Waals surface area contributed by atoms with Crippen molar-refractivity contribution in [3.8, 4) is 5.75 Å². The van der Waals surface area contributed by atoms with Crippen LogP contribution in [0, 0.1) is 5.41 Å². The summed E-state index contributed by atoms with van der Waals surface area (Å²) in [4.78, 5) is 0. The Kier molecular flexibility index (Phi) is 6.39. The molecule has 1 atom stereocenters. The number of aliphatic hydroxyl groups excluding tert-OH is 1. The molecule has 0 aliphatic carbocycles. The minimum absolute atomic E-state index is 0.00794. The lowest BCUT2D eigenvalue weighted by atomic mass is 9.83. The van der Waals surface area contributed by atoms with E-state index in [0.29, 0.717) is 19.6 Å². The fourth-order valence-corrected chi connectivity index (χ4v) is 2.44. The first-order chi connectivity index (χ1) is 11.2. The van der Waals surface area contributed by atoms with E-state index in [1.165, 1.54) is 0 Å². The van der Waals surface area contributed by atoms with Crippen molar-refractivity contribution in [2.24, 2.45) is 5.41 Å². The van der Waals surface area contributed by atoms with Crippen LogP contribution in [0.15, 0.2) is 67.3 Å². The Hall–Kier alpha value is -2.10. The quantitative estimate of drug-likeness (QED) is 0.719. The van der Waals surface area contributed by atoms with Crippen LogP contribution in [-0.4, -0.2) is 25.4 Å². The van der Waals surface area contributed by atoms with Crippen molar-refractivity contribution in [2.75, 3.05) is 20.3 Å². The Labute approximate surface area is 138 Å². The molecule has 1 unspecified atom stereocenters. The third-order valence-electron chi connectivity index (χ3n) is 3.96. The molecule has 122 valence electrons. The summed E-state index contributed by atoms with van der Waals surface area (Å²) >= 11 is 0. The second-order valence-corrected chi connectivity index (χ2v) is 5.73. The highest BCUT2D eigenvalue weighted by Crippen LogP contribution is 2.25. The van der Waals surface area contributed by atoms with Crippen LogP contribution in [0.2, 0.25) is 0 Å². The Morgan fingerprint density at radius 1 is 1.04 bits per heavy atom. The summed E-state index contributed by atoms with van der Waals surface area (Å²) in [5, 5.41) is 9.84. The largest absolute Gasteiger partial charge is 0.497 e. The second kappa shape index (κ2) is 8.51. The molecular weight excluding hydrogens is 288 g/mol. The van der Waals surface area contributed by atoms with Gasteiger partial charge in [0.2, 0.25) is 0 Å². The maximum atomic E-state index is 9.84. The molecule has 0 spiro atoms. The van der Waals surface area contributed by atoms with Crippen molar-refractivity contribution in [3.05, 3.63) is 78.4 Å². The molecule has 0 heterocycles. The molecule has 3 heteroatoms. The molecule has 0 aliphatic heterocycles. The molecule has 2 aromatic carbocycles. The molecule has 0 amide bonds. The van der Waals surface area contributed by atoms with Gasteiger partial charge < -0.3 is 14.6 Å². The molecule has 2 aromatic rings. The van der Waals surface area contributed by atoms with Gasteiger partial charge in [-0.3, -0.25) is 0 Å². The van der Waals surface area contributed by atoms with Crippen LogP contribution in [0.4, 0.5) is 0 Å². The van der Waals surface area contributed by atoms with Crippen molar-refractivity contribution in [3.63, 3.8) is 0 Å². The first-order valence-corrected chi connectivity index (χ1v) is 7.70. The number of aliphatic hydroxyl groups is 1. The zero-order valence-corrected chi connectivity index (χ0v) is 13.6. The van der Waals surface area contributed by atoms with Gasteiger partial charge in [0.1, 0.15) is 5.75 Å². The molecule has 0 aliphatic rings. The van der Waals surface area contributed by atoms with Crippen LogP contribution in [0.25, 0.3) is 0 Å². The van der Waals surface area contributed by atoms with Crippen LogP contribution >= 0.6 is 0 Å². The van der Waals surface area contributed by atoms with E-state index >= 15 is 0 Å². The summed E-state index contributed by atoms with van der Waals surface area (Å²) in [6.45, 7) is 4.82. The van der Waals surface area contributed by atoms with Crippen molar-refractivity contribution >= 4 is 0 Å². The minimum atomic E-state index is -0.464. The highest BCUT2D eigenvalue weighted by molar-refractivity contribution is 5.26. The maximum Gasteiger partial charge on any atom is 0.118 e. The average Bonchev–Trinajstić information content (AvgIpc) is 2.62. The first kappa shape index (κ1) is 17.3. The zero-order valence-electron chi connectivity index (χ0n) is 13.6. The molecule has 0 radical (unpaired) electrons. The van der Waals surface area contributed by atoms with Gasteiger partial charge in [-0.2, -0.15) is 0 Å². The van der Waals surface area contributed by atoms with Crippen molar-refractivity contribution in [2.45, 2.75) is 13.0 Å². The molecule has 0 saturated carbocycles. The van der Waals surface area contributed by atoms with E-state index in [1.807, 2.05) is 42.5 Å². The summed E-state index contributed by atoms with van der Waals surface area (Å²) in [7, 11) is 1.65. The lowest BCUT2D eigenvalue weighted by Gasteiger charge is -2.28. The van der Waals surface area contributed by atoms with Gasteiger partial charge in [-0.15, -0.1) is 6.58 Å². The molecule has 1 N–H and O–H groups in total. The van der Waals surface area contributed by atoms with Crippen LogP contribution in [0.3, 0.4) is 0 Å². The average molecular weight is 312 g/mol. The van der Waals surface area contributed by atoms with Crippen LogP contribution in [-0.2, 0) is 17.8 Å². The normalized spacial score (nSPS) is 13.3. The van der Waals surface area contributed by atoms with Crippen molar-refractivity contribution in [1.82, 2.24) is 0 Å². The predicted molar refractivity (Wildman–Crippen MR) is 92.5 cm³/mol. The van der Waals surface area contributed by atoms with Gasteiger partial charge in [-0.1, -0.05) is 48.5 Å². The van der Waals surface area contributed by atoms with Crippen LogP contribution in [0.5, 0.6) is 5.75 Å². The number of methoxy groups -OCH3 is 1. The molecule has 23 heavy (non-hydrogen) atoms. The SMILES string of the molecule is C=CC(CO)(COCc1ccc(OC)cc1)Cc1ccccc1. The number of rotatable bonds is 9. The zero-order chi connectivity index (χ0) is 16.5. The fourth-order valence-electron chi connectivity index (χ4n) is 2.44. The van der Waals surface area contributed by atoms with Gasteiger partial charge >= 0.3 is 0 Å². The summed E-state index contributed by atoms with van der Waals surface area (Å²) < 4.78 is 11.0. The minimum Gasteiger partial charge on any atom is -0.497 e. The fraction of sp³-hybridized carbons (Fsp3) is 0.300. The third kappa shape index (κ3) is 4.95. The van der Waals surface area contributed by atoms with Gasteiger partial charge in [-0.05, 0) is 29.7 Å². The van der Waals surface area contributed by atoms with Gasteiger partial charge in [0, 0.05) is 5.41 Å². The summed E-state index contributed by atoms with van der Waals surface area (Å²) in [5.74, 6) is 0.827. The predicted octanol–water partition coefficient (Wildman–Crippen LogP) is 3.62. The van der Waals surface area contributed by atoms with E-state index in [2.05, 4.69) is 18.7 Å². The molecule has 0 fully saturated rings. The summed E-state index contributed by atoms with van der Waals surface area (Å²) in [6.07, 6.45) is 2.50.